The zero-order valence-electron chi connectivity index (χ0n) is 8.96. The Morgan fingerprint density at radius 1 is 1.50 bits per heavy atom. The Morgan fingerprint density at radius 3 is 2.79 bits per heavy atom. The van der Waals surface area contributed by atoms with Gasteiger partial charge in [0.2, 0.25) is 0 Å². The molecule has 0 aliphatic carbocycles. The van der Waals surface area contributed by atoms with Crippen LogP contribution in [0.15, 0.2) is 36.4 Å². The third-order valence-corrected chi connectivity index (χ3v) is 2.41. The molecule has 1 aromatic rings. The highest BCUT2D eigenvalue weighted by atomic mass is 16.3. The third-order valence-electron chi connectivity index (χ3n) is 2.41. The van der Waals surface area contributed by atoms with Crippen LogP contribution in [0.4, 0.5) is 0 Å². The van der Waals surface area contributed by atoms with Gasteiger partial charge >= 0.3 is 0 Å². The van der Waals surface area contributed by atoms with E-state index in [1.165, 1.54) is 5.56 Å². The van der Waals surface area contributed by atoms with Gasteiger partial charge in [-0.15, -0.1) is 0 Å². The highest BCUT2D eigenvalue weighted by Gasteiger charge is 2.07. The van der Waals surface area contributed by atoms with Gasteiger partial charge in [0.05, 0.1) is 6.10 Å². The Kier molecular flexibility index (Phi) is 3.90. The Balaban J connectivity index is 2.69. The van der Waals surface area contributed by atoms with Crippen molar-refractivity contribution in [1.29, 1.82) is 0 Å². The molecule has 0 amide bonds. The lowest BCUT2D eigenvalue weighted by Gasteiger charge is -2.12. The van der Waals surface area contributed by atoms with Crippen LogP contribution in [0.1, 0.15) is 37.0 Å². The van der Waals surface area contributed by atoms with Crippen LogP contribution in [0.2, 0.25) is 0 Å². The SMILES string of the molecule is C=C(CC)CC(O)c1cccc(C)c1. The topological polar surface area (TPSA) is 20.2 Å². The molecule has 0 saturated carbocycles. The summed E-state index contributed by atoms with van der Waals surface area (Å²) < 4.78 is 0. The summed E-state index contributed by atoms with van der Waals surface area (Å²) in [6, 6.07) is 7.99. The van der Waals surface area contributed by atoms with Gasteiger partial charge in [-0.25, -0.2) is 0 Å². The zero-order chi connectivity index (χ0) is 10.6. The maximum atomic E-state index is 9.89. The van der Waals surface area contributed by atoms with E-state index in [0.29, 0.717) is 6.42 Å². The Labute approximate surface area is 86.1 Å². The van der Waals surface area contributed by atoms with Gasteiger partial charge in [0.25, 0.3) is 0 Å². The van der Waals surface area contributed by atoms with Gasteiger partial charge in [-0.3, -0.25) is 0 Å². The normalized spacial score (nSPS) is 12.5. The first-order valence-corrected chi connectivity index (χ1v) is 5.04. The molecule has 0 aliphatic rings. The van der Waals surface area contributed by atoms with Gasteiger partial charge in [0, 0.05) is 0 Å². The molecule has 0 aliphatic heterocycles. The van der Waals surface area contributed by atoms with Gasteiger partial charge in [-0.2, -0.15) is 0 Å². The lowest BCUT2D eigenvalue weighted by Crippen LogP contribution is -1.98. The summed E-state index contributed by atoms with van der Waals surface area (Å²) in [5, 5.41) is 9.89. The van der Waals surface area contributed by atoms with E-state index in [-0.39, 0.29) is 0 Å². The van der Waals surface area contributed by atoms with Crippen LogP contribution in [0.5, 0.6) is 0 Å². The first-order valence-electron chi connectivity index (χ1n) is 5.04. The number of hydrogen-bond donors (Lipinski definition) is 1. The van der Waals surface area contributed by atoms with Gasteiger partial charge in [0.1, 0.15) is 0 Å². The quantitative estimate of drug-likeness (QED) is 0.721. The summed E-state index contributed by atoms with van der Waals surface area (Å²) in [5.74, 6) is 0. The standard InChI is InChI=1S/C13H18O/c1-4-10(2)9-13(14)12-7-5-6-11(3)8-12/h5-8,13-14H,2,4,9H2,1,3H3. The Hall–Kier alpha value is -1.08. The largest absolute Gasteiger partial charge is 0.388 e. The summed E-state index contributed by atoms with van der Waals surface area (Å²) >= 11 is 0. The third kappa shape index (κ3) is 3.00. The van der Waals surface area contributed by atoms with Gasteiger partial charge in [0.15, 0.2) is 0 Å². The highest BCUT2D eigenvalue weighted by molar-refractivity contribution is 5.24. The summed E-state index contributed by atoms with van der Waals surface area (Å²) in [6.45, 7) is 7.99. The lowest BCUT2D eigenvalue weighted by molar-refractivity contribution is 0.177. The molecule has 14 heavy (non-hydrogen) atoms. The van der Waals surface area contributed by atoms with E-state index < -0.39 is 6.10 Å². The van der Waals surface area contributed by atoms with Crippen molar-refractivity contribution in [3.8, 4) is 0 Å². The van der Waals surface area contributed by atoms with E-state index in [1.807, 2.05) is 31.2 Å². The van der Waals surface area contributed by atoms with Crippen LogP contribution < -0.4 is 0 Å². The van der Waals surface area contributed by atoms with Gasteiger partial charge < -0.3 is 5.11 Å². The second-order valence-corrected chi connectivity index (χ2v) is 3.74. The molecule has 0 bridgehead atoms. The molecule has 0 saturated heterocycles. The molecule has 76 valence electrons. The highest BCUT2D eigenvalue weighted by Crippen LogP contribution is 2.21. The van der Waals surface area contributed by atoms with Crippen LogP contribution in [0, 0.1) is 6.92 Å². The van der Waals surface area contributed by atoms with Crippen molar-refractivity contribution < 1.29 is 5.11 Å². The number of aliphatic hydroxyl groups excluding tert-OH is 1. The fourth-order valence-electron chi connectivity index (χ4n) is 1.41. The molecule has 1 nitrogen and oxygen atoms in total. The molecule has 0 heterocycles. The summed E-state index contributed by atoms with van der Waals surface area (Å²) in [7, 11) is 0. The minimum Gasteiger partial charge on any atom is -0.388 e. The van der Waals surface area contributed by atoms with E-state index in [1.54, 1.807) is 0 Å². The molecule has 1 rings (SSSR count). The first kappa shape index (κ1) is 11.0. The summed E-state index contributed by atoms with van der Waals surface area (Å²) in [6.07, 6.45) is 1.20. The molecule has 0 spiro atoms. The van der Waals surface area contributed by atoms with Crippen molar-refractivity contribution in [3.63, 3.8) is 0 Å². The number of aliphatic hydroxyl groups is 1. The Morgan fingerprint density at radius 2 is 2.21 bits per heavy atom. The molecule has 1 heteroatoms. The van der Waals surface area contributed by atoms with Crippen LogP contribution >= 0.6 is 0 Å². The van der Waals surface area contributed by atoms with Gasteiger partial charge in [-0.05, 0) is 25.3 Å². The molecule has 0 fully saturated rings. The smallest absolute Gasteiger partial charge is 0.0827 e. The molecule has 0 radical (unpaired) electrons. The number of hydrogen-bond acceptors (Lipinski definition) is 1. The van der Waals surface area contributed by atoms with Gasteiger partial charge in [-0.1, -0.05) is 48.9 Å². The van der Waals surface area contributed by atoms with Crippen molar-refractivity contribution >= 4 is 0 Å². The molecule has 1 aromatic carbocycles. The minimum atomic E-state index is -0.401. The van der Waals surface area contributed by atoms with Crippen molar-refractivity contribution in [3.05, 3.63) is 47.5 Å². The lowest BCUT2D eigenvalue weighted by atomic mass is 10.00. The van der Waals surface area contributed by atoms with Crippen molar-refractivity contribution in [2.75, 3.05) is 0 Å². The molecule has 1 unspecified atom stereocenters. The predicted molar refractivity (Wildman–Crippen MR) is 60.2 cm³/mol. The fourth-order valence-corrected chi connectivity index (χ4v) is 1.41. The number of rotatable bonds is 4. The monoisotopic (exact) mass is 190 g/mol. The second-order valence-electron chi connectivity index (χ2n) is 3.74. The summed E-state index contributed by atoms with van der Waals surface area (Å²) in [5.41, 5.74) is 3.27. The van der Waals surface area contributed by atoms with Crippen LogP contribution in [0.3, 0.4) is 0 Å². The number of aryl methyl sites for hydroxylation is 1. The second kappa shape index (κ2) is 4.97. The molecular weight excluding hydrogens is 172 g/mol. The average Bonchev–Trinajstić information content (AvgIpc) is 2.17. The summed E-state index contributed by atoms with van der Waals surface area (Å²) in [4.78, 5) is 0. The first-order chi connectivity index (χ1) is 6.63. The fraction of sp³-hybridized carbons (Fsp3) is 0.385. The van der Waals surface area contributed by atoms with E-state index in [2.05, 4.69) is 13.5 Å². The molecular formula is C13H18O. The predicted octanol–water partition coefficient (Wildman–Crippen LogP) is 3.38. The van der Waals surface area contributed by atoms with Crippen LogP contribution in [-0.4, -0.2) is 5.11 Å². The van der Waals surface area contributed by atoms with Crippen LogP contribution in [0.25, 0.3) is 0 Å². The van der Waals surface area contributed by atoms with Crippen LogP contribution in [-0.2, 0) is 0 Å². The maximum absolute atomic E-state index is 9.89. The van der Waals surface area contributed by atoms with Crippen molar-refractivity contribution in [2.45, 2.75) is 32.8 Å². The van der Waals surface area contributed by atoms with E-state index >= 15 is 0 Å². The maximum Gasteiger partial charge on any atom is 0.0827 e. The minimum absolute atomic E-state index is 0.401. The molecule has 1 N–H and O–H groups in total. The Bertz CT molecular complexity index is 315. The average molecular weight is 190 g/mol. The number of benzene rings is 1. The molecule has 1 atom stereocenters. The van der Waals surface area contributed by atoms with E-state index in [0.717, 1.165) is 17.6 Å². The van der Waals surface area contributed by atoms with E-state index in [9.17, 15) is 5.11 Å². The zero-order valence-corrected chi connectivity index (χ0v) is 8.96. The molecule has 0 aromatic heterocycles. The van der Waals surface area contributed by atoms with Crippen molar-refractivity contribution in [2.24, 2.45) is 0 Å². The van der Waals surface area contributed by atoms with Crippen molar-refractivity contribution in [1.82, 2.24) is 0 Å². The van der Waals surface area contributed by atoms with E-state index in [4.69, 9.17) is 0 Å².